The summed E-state index contributed by atoms with van der Waals surface area (Å²) in [6.45, 7) is 0.148. The molecule has 10 heavy (non-hydrogen) atoms. The van der Waals surface area contributed by atoms with Gasteiger partial charge in [-0.3, -0.25) is 0 Å². The Morgan fingerprint density at radius 2 is 2.10 bits per heavy atom. The summed E-state index contributed by atoms with van der Waals surface area (Å²) in [5.41, 5.74) is 5.69. The number of nitrogens with two attached hydrogens (primary N) is 1. The van der Waals surface area contributed by atoms with Crippen molar-refractivity contribution in [2.24, 2.45) is 11.7 Å². The molecule has 1 saturated heterocycles. The van der Waals surface area contributed by atoms with E-state index in [1.807, 2.05) is 11.8 Å². The standard InChI is InChI=1S/C7H15NOS/c8-7(5-9)6-1-3-10-4-2-6/h6-7,9H,1-5,8H2/t7-/m0/s1. The molecule has 3 heteroatoms. The van der Waals surface area contributed by atoms with Gasteiger partial charge in [0.05, 0.1) is 6.61 Å². The van der Waals surface area contributed by atoms with Crippen molar-refractivity contribution in [2.45, 2.75) is 18.9 Å². The smallest absolute Gasteiger partial charge is 0.0585 e. The van der Waals surface area contributed by atoms with E-state index in [-0.39, 0.29) is 12.6 Å². The van der Waals surface area contributed by atoms with Crippen molar-refractivity contribution < 1.29 is 5.11 Å². The average Bonchev–Trinajstić information content (AvgIpc) is 2.05. The van der Waals surface area contributed by atoms with Gasteiger partial charge < -0.3 is 10.8 Å². The number of aliphatic hydroxyl groups is 1. The Morgan fingerprint density at radius 1 is 1.50 bits per heavy atom. The maximum Gasteiger partial charge on any atom is 0.0585 e. The van der Waals surface area contributed by atoms with Crippen LogP contribution in [0.2, 0.25) is 0 Å². The highest BCUT2D eigenvalue weighted by atomic mass is 32.2. The minimum Gasteiger partial charge on any atom is -0.395 e. The normalized spacial score (nSPS) is 24.6. The van der Waals surface area contributed by atoms with Crippen molar-refractivity contribution in [3.05, 3.63) is 0 Å². The molecule has 0 unspecified atom stereocenters. The molecule has 0 amide bonds. The van der Waals surface area contributed by atoms with Crippen LogP contribution in [-0.4, -0.2) is 29.3 Å². The summed E-state index contributed by atoms with van der Waals surface area (Å²) in [6, 6.07) is 0.0286. The second-order valence-corrected chi connectivity index (χ2v) is 4.02. The molecule has 0 spiro atoms. The first-order chi connectivity index (χ1) is 4.84. The third kappa shape index (κ3) is 2.15. The third-order valence-corrected chi connectivity index (χ3v) is 3.13. The molecule has 1 atom stereocenters. The van der Waals surface area contributed by atoms with Gasteiger partial charge in [0, 0.05) is 6.04 Å². The summed E-state index contributed by atoms with van der Waals surface area (Å²) in [5, 5.41) is 8.76. The van der Waals surface area contributed by atoms with E-state index < -0.39 is 0 Å². The lowest BCUT2D eigenvalue weighted by Gasteiger charge is -2.25. The quantitative estimate of drug-likeness (QED) is 0.618. The molecular weight excluding hydrogens is 146 g/mol. The van der Waals surface area contributed by atoms with Gasteiger partial charge in [0.1, 0.15) is 0 Å². The Balaban J connectivity index is 2.24. The van der Waals surface area contributed by atoms with Crippen LogP contribution < -0.4 is 5.73 Å². The minimum atomic E-state index is 0.0286. The highest BCUT2D eigenvalue weighted by molar-refractivity contribution is 7.99. The molecule has 1 rings (SSSR count). The van der Waals surface area contributed by atoms with Gasteiger partial charge in [0.25, 0.3) is 0 Å². The summed E-state index contributed by atoms with van der Waals surface area (Å²) in [4.78, 5) is 0. The minimum absolute atomic E-state index is 0.0286. The van der Waals surface area contributed by atoms with Crippen LogP contribution in [0.5, 0.6) is 0 Å². The Hall–Kier alpha value is 0.270. The molecule has 0 aromatic heterocycles. The van der Waals surface area contributed by atoms with Crippen LogP contribution in [0.3, 0.4) is 0 Å². The monoisotopic (exact) mass is 161 g/mol. The van der Waals surface area contributed by atoms with Crippen molar-refractivity contribution in [3.63, 3.8) is 0 Å². The molecular formula is C7H15NOS. The van der Waals surface area contributed by atoms with Gasteiger partial charge in [-0.2, -0.15) is 11.8 Å². The molecule has 3 N–H and O–H groups in total. The SMILES string of the molecule is N[C@@H](CO)C1CCSCC1. The number of hydrogen-bond donors (Lipinski definition) is 2. The van der Waals surface area contributed by atoms with E-state index in [4.69, 9.17) is 10.8 Å². The molecule has 0 saturated carbocycles. The summed E-state index contributed by atoms with van der Waals surface area (Å²) in [6.07, 6.45) is 2.37. The third-order valence-electron chi connectivity index (χ3n) is 2.08. The topological polar surface area (TPSA) is 46.2 Å². The average molecular weight is 161 g/mol. The van der Waals surface area contributed by atoms with Gasteiger partial charge in [0.15, 0.2) is 0 Å². The molecule has 0 radical (unpaired) electrons. The van der Waals surface area contributed by atoms with E-state index in [0.717, 1.165) is 0 Å². The second-order valence-electron chi connectivity index (χ2n) is 2.80. The van der Waals surface area contributed by atoms with E-state index in [0.29, 0.717) is 5.92 Å². The highest BCUT2D eigenvalue weighted by Crippen LogP contribution is 2.24. The first-order valence-electron chi connectivity index (χ1n) is 3.78. The predicted molar refractivity (Wildman–Crippen MR) is 45.1 cm³/mol. The molecule has 60 valence electrons. The Morgan fingerprint density at radius 3 is 2.60 bits per heavy atom. The zero-order chi connectivity index (χ0) is 7.40. The van der Waals surface area contributed by atoms with Gasteiger partial charge in [0.2, 0.25) is 0 Å². The summed E-state index contributed by atoms with van der Waals surface area (Å²) in [7, 11) is 0. The molecule has 1 heterocycles. The Bertz CT molecular complexity index is 93.6. The molecule has 1 aliphatic heterocycles. The van der Waals surface area contributed by atoms with Crippen molar-refractivity contribution in [1.29, 1.82) is 0 Å². The van der Waals surface area contributed by atoms with Crippen LogP contribution in [0.4, 0.5) is 0 Å². The molecule has 1 aliphatic rings. The first kappa shape index (κ1) is 8.37. The first-order valence-corrected chi connectivity index (χ1v) is 4.94. The number of aliphatic hydroxyl groups excluding tert-OH is 1. The number of hydrogen-bond acceptors (Lipinski definition) is 3. The van der Waals surface area contributed by atoms with E-state index in [9.17, 15) is 0 Å². The van der Waals surface area contributed by atoms with Crippen molar-refractivity contribution >= 4 is 11.8 Å². The zero-order valence-corrected chi connectivity index (χ0v) is 6.94. The fraction of sp³-hybridized carbons (Fsp3) is 1.00. The van der Waals surface area contributed by atoms with Gasteiger partial charge >= 0.3 is 0 Å². The van der Waals surface area contributed by atoms with Crippen molar-refractivity contribution in [3.8, 4) is 0 Å². The van der Waals surface area contributed by atoms with Crippen LogP contribution in [-0.2, 0) is 0 Å². The number of thioether (sulfide) groups is 1. The molecule has 0 aliphatic carbocycles. The maximum absolute atomic E-state index is 8.76. The van der Waals surface area contributed by atoms with Gasteiger partial charge in [-0.25, -0.2) is 0 Å². The summed E-state index contributed by atoms with van der Waals surface area (Å²) < 4.78 is 0. The Labute approximate surface area is 66.2 Å². The summed E-state index contributed by atoms with van der Waals surface area (Å²) in [5.74, 6) is 3.02. The van der Waals surface area contributed by atoms with Crippen LogP contribution in [0, 0.1) is 5.92 Å². The lowest BCUT2D eigenvalue weighted by molar-refractivity contribution is 0.220. The van der Waals surface area contributed by atoms with Crippen LogP contribution in [0.25, 0.3) is 0 Å². The highest BCUT2D eigenvalue weighted by Gasteiger charge is 2.19. The fourth-order valence-corrected chi connectivity index (χ4v) is 2.44. The lowest BCUT2D eigenvalue weighted by Crippen LogP contribution is -2.35. The predicted octanol–water partition coefficient (Wildman–Crippen LogP) is 0.449. The van der Waals surface area contributed by atoms with Crippen LogP contribution >= 0.6 is 11.8 Å². The van der Waals surface area contributed by atoms with Crippen LogP contribution in [0.15, 0.2) is 0 Å². The van der Waals surface area contributed by atoms with E-state index in [1.54, 1.807) is 0 Å². The molecule has 0 bridgehead atoms. The summed E-state index contributed by atoms with van der Waals surface area (Å²) >= 11 is 1.99. The molecule has 0 aromatic rings. The lowest BCUT2D eigenvalue weighted by atomic mass is 9.95. The Kier molecular flexibility index (Phi) is 3.52. The van der Waals surface area contributed by atoms with Crippen LogP contribution in [0.1, 0.15) is 12.8 Å². The van der Waals surface area contributed by atoms with Gasteiger partial charge in [-0.1, -0.05) is 0 Å². The van der Waals surface area contributed by atoms with E-state index in [1.165, 1.54) is 24.3 Å². The molecule has 0 aromatic carbocycles. The van der Waals surface area contributed by atoms with Crippen molar-refractivity contribution in [2.75, 3.05) is 18.1 Å². The van der Waals surface area contributed by atoms with Crippen molar-refractivity contribution in [1.82, 2.24) is 0 Å². The van der Waals surface area contributed by atoms with E-state index in [2.05, 4.69) is 0 Å². The van der Waals surface area contributed by atoms with Gasteiger partial charge in [-0.05, 0) is 30.3 Å². The maximum atomic E-state index is 8.76. The van der Waals surface area contributed by atoms with Gasteiger partial charge in [-0.15, -0.1) is 0 Å². The molecule has 2 nitrogen and oxygen atoms in total. The van der Waals surface area contributed by atoms with E-state index >= 15 is 0 Å². The largest absolute Gasteiger partial charge is 0.395 e. The second kappa shape index (κ2) is 4.21. The fourth-order valence-electron chi connectivity index (χ4n) is 1.29. The molecule has 1 fully saturated rings. The zero-order valence-electron chi connectivity index (χ0n) is 6.12. The number of rotatable bonds is 2.